The summed E-state index contributed by atoms with van der Waals surface area (Å²) in [5.74, 6) is 0.0878. The van der Waals surface area contributed by atoms with E-state index in [1.807, 2.05) is 47.4 Å². The second-order valence-electron chi connectivity index (χ2n) is 9.46. The van der Waals surface area contributed by atoms with Crippen LogP contribution < -0.4 is 10.2 Å². The summed E-state index contributed by atoms with van der Waals surface area (Å²) < 4.78 is 0. The van der Waals surface area contributed by atoms with Crippen LogP contribution in [-0.4, -0.2) is 42.3 Å². The molecular formula is C27H33N3O3. The lowest BCUT2D eigenvalue weighted by Crippen LogP contribution is -2.45. The first-order valence-corrected chi connectivity index (χ1v) is 11.9. The molecule has 1 unspecified atom stereocenters. The zero-order valence-electron chi connectivity index (χ0n) is 19.5. The van der Waals surface area contributed by atoms with Crippen LogP contribution in [0.5, 0.6) is 0 Å². The van der Waals surface area contributed by atoms with Crippen molar-refractivity contribution >= 4 is 23.4 Å². The number of piperidine rings is 1. The Kier molecular flexibility index (Phi) is 7.11. The Bertz CT molecular complexity index is 997. The Morgan fingerprint density at radius 2 is 1.73 bits per heavy atom. The molecular weight excluding hydrogens is 414 g/mol. The lowest BCUT2D eigenvalue weighted by molar-refractivity contribution is -0.139. The van der Waals surface area contributed by atoms with Crippen molar-refractivity contribution < 1.29 is 14.4 Å². The Morgan fingerprint density at radius 1 is 1.00 bits per heavy atom. The molecule has 0 aliphatic carbocycles. The van der Waals surface area contributed by atoms with Gasteiger partial charge in [-0.25, -0.2) is 0 Å². The molecule has 2 heterocycles. The molecule has 2 aliphatic rings. The number of nitrogens with zero attached hydrogens (tertiary/aromatic N) is 2. The summed E-state index contributed by atoms with van der Waals surface area (Å²) in [4.78, 5) is 42.0. The van der Waals surface area contributed by atoms with E-state index in [1.165, 1.54) is 5.56 Å². The largest absolute Gasteiger partial charge is 0.352 e. The Labute approximate surface area is 196 Å². The van der Waals surface area contributed by atoms with Crippen LogP contribution in [0.1, 0.15) is 50.2 Å². The highest BCUT2D eigenvalue weighted by Crippen LogP contribution is 2.30. The van der Waals surface area contributed by atoms with Crippen LogP contribution in [0.4, 0.5) is 5.69 Å². The quantitative estimate of drug-likeness (QED) is 0.734. The predicted octanol–water partition coefficient (Wildman–Crippen LogP) is 3.72. The van der Waals surface area contributed by atoms with E-state index in [2.05, 4.69) is 31.3 Å². The molecule has 3 amide bonds. The zero-order chi connectivity index (χ0) is 23.4. The molecule has 2 fully saturated rings. The molecule has 6 heteroatoms. The van der Waals surface area contributed by atoms with Gasteiger partial charge in [0.2, 0.25) is 17.7 Å². The van der Waals surface area contributed by atoms with Gasteiger partial charge in [-0.1, -0.05) is 56.3 Å². The van der Waals surface area contributed by atoms with Gasteiger partial charge in [0, 0.05) is 44.2 Å². The van der Waals surface area contributed by atoms with Gasteiger partial charge in [-0.05, 0) is 42.0 Å². The molecule has 0 aromatic heterocycles. The molecule has 33 heavy (non-hydrogen) atoms. The molecule has 4 rings (SSSR count). The van der Waals surface area contributed by atoms with Crippen molar-refractivity contribution in [2.45, 2.75) is 45.6 Å². The molecule has 1 atom stereocenters. The minimum absolute atomic E-state index is 0.00410. The van der Waals surface area contributed by atoms with Crippen LogP contribution in [0.3, 0.4) is 0 Å². The van der Waals surface area contributed by atoms with E-state index in [4.69, 9.17) is 0 Å². The maximum absolute atomic E-state index is 13.1. The molecule has 2 aromatic rings. The number of anilines is 1. The normalized spacial score (nSPS) is 19.2. The molecule has 2 saturated heterocycles. The first-order chi connectivity index (χ1) is 15.9. The summed E-state index contributed by atoms with van der Waals surface area (Å²) in [5.41, 5.74) is 3.13. The van der Waals surface area contributed by atoms with Crippen LogP contribution in [0.15, 0.2) is 54.6 Å². The number of benzene rings is 2. The van der Waals surface area contributed by atoms with Gasteiger partial charge >= 0.3 is 0 Å². The first kappa shape index (κ1) is 23.0. The second-order valence-corrected chi connectivity index (χ2v) is 9.46. The molecule has 6 nitrogen and oxygen atoms in total. The van der Waals surface area contributed by atoms with E-state index in [0.717, 1.165) is 11.3 Å². The summed E-state index contributed by atoms with van der Waals surface area (Å²) in [6.07, 6.45) is 1.57. The molecule has 0 saturated carbocycles. The Balaban J connectivity index is 1.28. The standard InChI is InChI=1S/C27H33N3O3/c1-19(2)22-9-6-10-24(15-22)30-18-23(16-25(30)31)27(33)29-13-11-21(12-14-29)26(32)28-17-20-7-4-3-5-8-20/h3-10,15,19,21,23H,11-14,16-18H2,1-2H3,(H,28,32). The number of carbonyl (C=O) groups is 3. The van der Waals surface area contributed by atoms with E-state index in [0.29, 0.717) is 44.9 Å². The molecule has 2 aromatic carbocycles. The fourth-order valence-electron chi connectivity index (χ4n) is 4.72. The van der Waals surface area contributed by atoms with Gasteiger partial charge in [0.1, 0.15) is 0 Å². The molecule has 0 radical (unpaired) electrons. The number of amides is 3. The molecule has 1 N–H and O–H groups in total. The summed E-state index contributed by atoms with van der Waals surface area (Å²) in [6, 6.07) is 17.9. The number of rotatable bonds is 6. The highest BCUT2D eigenvalue weighted by Gasteiger charge is 2.38. The van der Waals surface area contributed by atoms with E-state index >= 15 is 0 Å². The molecule has 0 spiro atoms. The van der Waals surface area contributed by atoms with Crippen LogP contribution in [0, 0.1) is 11.8 Å². The third kappa shape index (κ3) is 5.44. The maximum atomic E-state index is 13.1. The second kappa shape index (κ2) is 10.2. The predicted molar refractivity (Wildman–Crippen MR) is 129 cm³/mol. The topological polar surface area (TPSA) is 69.7 Å². The number of hydrogen-bond acceptors (Lipinski definition) is 3. The Morgan fingerprint density at radius 3 is 2.42 bits per heavy atom. The average molecular weight is 448 g/mol. The van der Waals surface area contributed by atoms with Gasteiger partial charge in [0.25, 0.3) is 0 Å². The van der Waals surface area contributed by atoms with Gasteiger partial charge in [-0.2, -0.15) is 0 Å². The van der Waals surface area contributed by atoms with Gasteiger partial charge < -0.3 is 15.1 Å². The van der Waals surface area contributed by atoms with Crippen LogP contribution in [0.25, 0.3) is 0 Å². The smallest absolute Gasteiger partial charge is 0.228 e. The average Bonchev–Trinajstić information content (AvgIpc) is 3.24. The summed E-state index contributed by atoms with van der Waals surface area (Å²) >= 11 is 0. The summed E-state index contributed by atoms with van der Waals surface area (Å²) in [6.45, 7) is 6.34. The van der Waals surface area contributed by atoms with Crippen molar-refractivity contribution in [3.63, 3.8) is 0 Å². The van der Waals surface area contributed by atoms with Crippen molar-refractivity contribution in [2.24, 2.45) is 11.8 Å². The molecule has 2 aliphatic heterocycles. The number of carbonyl (C=O) groups excluding carboxylic acids is 3. The zero-order valence-corrected chi connectivity index (χ0v) is 19.5. The number of hydrogen-bond donors (Lipinski definition) is 1. The van der Waals surface area contributed by atoms with Crippen molar-refractivity contribution in [1.29, 1.82) is 0 Å². The maximum Gasteiger partial charge on any atom is 0.228 e. The highest BCUT2D eigenvalue weighted by molar-refractivity contribution is 6.00. The number of nitrogens with one attached hydrogen (secondary N) is 1. The van der Waals surface area contributed by atoms with Crippen LogP contribution in [0.2, 0.25) is 0 Å². The van der Waals surface area contributed by atoms with Crippen LogP contribution >= 0.6 is 0 Å². The van der Waals surface area contributed by atoms with E-state index in [-0.39, 0.29) is 36.0 Å². The van der Waals surface area contributed by atoms with Crippen molar-refractivity contribution in [1.82, 2.24) is 10.2 Å². The van der Waals surface area contributed by atoms with E-state index in [1.54, 1.807) is 4.90 Å². The Hall–Kier alpha value is -3.15. The monoisotopic (exact) mass is 447 g/mol. The minimum atomic E-state index is -0.316. The molecule has 0 bridgehead atoms. The van der Waals surface area contributed by atoms with E-state index in [9.17, 15) is 14.4 Å². The van der Waals surface area contributed by atoms with E-state index < -0.39 is 0 Å². The number of likely N-dealkylation sites (tertiary alicyclic amines) is 1. The molecule has 174 valence electrons. The van der Waals surface area contributed by atoms with Gasteiger partial charge in [0.15, 0.2) is 0 Å². The summed E-state index contributed by atoms with van der Waals surface area (Å²) in [5, 5.41) is 3.02. The van der Waals surface area contributed by atoms with Crippen LogP contribution in [-0.2, 0) is 20.9 Å². The minimum Gasteiger partial charge on any atom is -0.352 e. The SMILES string of the molecule is CC(C)c1cccc(N2CC(C(=O)N3CCC(C(=O)NCc4ccccc4)CC3)CC2=O)c1. The highest BCUT2D eigenvalue weighted by atomic mass is 16.2. The first-order valence-electron chi connectivity index (χ1n) is 11.9. The summed E-state index contributed by atoms with van der Waals surface area (Å²) in [7, 11) is 0. The lowest BCUT2D eigenvalue weighted by Gasteiger charge is -2.33. The lowest BCUT2D eigenvalue weighted by atomic mass is 9.94. The van der Waals surface area contributed by atoms with Gasteiger partial charge in [0.05, 0.1) is 5.92 Å². The van der Waals surface area contributed by atoms with Crippen molar-refractivity contribution in [2.75, 3.05) is 24.5 Å². The fraction of sp³-hybridized carbons (Fsp3) is 0.444. The van der Waals surface area contributed by atoms with Gasteiger partial charge in [-0.3, -0.25) is 14.4 Å². The fourth-order valence-corrected chi connectivity index (χ4v) is 4.72. The third-order valence-electron chi connectivity index (χ3n) is 6.81. The van der Waals surface area contributed by atoms with Gasteiger partial charge in [-0.15, -0.1) is 0 Å². The third-order valence-corrected chi connectivity index (χ3v) is 6.81. The van der Waals surface area contributed by atoms with Crippen molar-refractivity contribution in [3.05, 3.63) is 65.7 Å². The van der Waals surface area contributed by atoms with Crippen molar-refractivity contribution in [3.8, 4) is 0 Å².